The third-order valence-electron chi connectivity index (χ3n) is 3.64. The Kier molecular flexibility index (Phi) is 3.55. The first-order valence-corrected chi connectivity index (χ1v) is 6.92. The number of aryl methyl sites for hydroxylation is 1. The minimum Gasteiger partial charge on any atom is -0.508 e. The number of carbonyl (C=O) groups excluding carboxylic acids is 1. The number of halogens is 1. The van der Waals surface area contributed by atoms with Crippen LogP contribution in [0.25, 0.3) is 22.2 Å². The lowest BCUT2D eigenvalue weighted by molar-refractivity contribution is -0.117. The third kappa shape index (κ3) is 2.65. The summed E-state index contributed by atoms with van der Waals surface area (Å²) in [5.74, 6) is -0.532. The summed E-state index contributed by atoms with van der Waals surface area (Å²) in [5.41, 5.74) is 8.56. The quantitative estimate of drug-likeness (QED) is 0.692. The van der Waals surface area contributed by atoms with Crippen molar-refractivity contribution in [3.05, 3.63) is 53.8 Å². The van der Waals surface area contributed by atoms with Crippen LogP contribution < -0.4 is 5.73 Å². The van der Waals surface area contributed by atoms with Crippen molar-refractivity contribution in [2.75, 3.05) is 0 Å². The number of aromatic nitrogens is 1. The van der Waals surface area contributed by atoms with Gasteiger partial charge in [0.05, 0.1) is 0 Å². The molecule has 0 atom stereocenters. The van der Waals surface area contributed by atoms with Crippen molar-refractivity contribution in [1.82, 2.24) is 4.98 Å². The van der Waals surface area contributed by atoms with Gasteiger partial charge in [-0.1, -0.05) is 0 Å². The third-order valence-corrected chi connectivity index (χ3v) is 3.64. The minimum absolute atomic E-state index is 0.154. The van der Waals surface area contributed by atoms with E-state index >= 15 is 0 Å². The highest BCUT2D eigenvalue weighted by molar-refractivity contribution is 5.92. The van der Waals surface area contributed by atoms with Crippen LogP contribution in [0.3, 0.4) is 0 Å². The number of rotatable bonds is 4. The van der Waals surface area contributed by atoms with E-state index in [1.807, 2.05) is 0 Å². The average molecular weight is 298 g/mol. The number of primary amides is 1. The van der Waals surface area contributed by atoms with Crippen molar-refractivity contribution < 1.29 is 14.3 Å². The molecule has 3 aromatic rings. The van der Waals surface area contributed by atoms with Gasteiger partial charge in [0, 0.05) is 29.1 Å². The molecule has 0 radical (unpaired) electrons. The lowest BCUT2D eigenvalue weighted by atomic mass is 10.0. The number of aromatic amines is 1. The number of nitrogens with two attached hydrogens (primary N) is 1. The predicted octanol–water partition coefficient (Wildman–Crippen LogP) is 3.10. The van der Waals surface area contributed by atoms with Gasteiger partial charge in [-0.2, -0.15) is 0 Å². The molecule has 112 valence electrons. The molecule has 4 nitrogen and oxygen atoms in total. The van der Waals surface area contributed by atoms with Gasteiger partial charge >= 0.3 is 0 Å². The molecular formula is C17H15FN2O2. The molecule has 0 unspecified atom stereocenters. The number of carbonyl (C=O) groups is 1. The summed E-state index contributed by atoms with van der Waals surface area (Å²) in [7, 11) is 0. The van der Waals surface area contributed by atoms with Gasteiger partial charge in [0.15, 0.2) is 0 Å². The normalized spacial score (nSPS) is 11.0. The molecule has 3 rings (SSSR count). The maximum absolute atomic E-state index is 13.1. The van der Waals surface area contributed by atoms with Crippen LogP contribution in [0.1, 0.15) is 12.0 Å². The molecule has 0 aliphatic carbocycles. The number of phenolic OH excluding ortho intramolecular Hbond substituents is 1. The van der Waals surface area contributed by atoms with Crippen LogP contribution in [0.2, 0.25) is 0 Å². The van der Waals surface area contributed by atoms with Gasteiger partial charge in [-0.25, -0.2) is 4.39 Å². The summed E-state index contributed by atoms with van der Waals surface area (Å²) in [5, 5.41) is 10.5. The molecule has 1 heterocycles. The summed E-state index contributed by atoms with van der Waals surface area (Å²) >= 11 is 0. The first-order valence-electron chi connectivity index (χ1n) is 6.92. The van der Waals surface area contributed by atoms with Gasteiger partial charge in [0.2, 0.25) is 5.91 Å². The van der Waals surface area contributed by atoms with Crippen molar-refractivity contribution in [2.45, 2.75) is 12.8 Å². The first-order chi connectivity index (χ1) is 10.5. The molecule has 1 aromatic heterocycles. The standard InChI is InChI=1S/C17H15FN2O2/c18-11-3-1-10(2-4-11)17-14(7-8-16(19)22)13-6-5-12(21)9-15(13)20-17/h1-6,9,20-21H,7-8H2,(H2,19,22). The van der Waals surface area contributed by atoms with Crippen LogP contribution in [-0.4, -0.2) is 16.0 Å². The van der Waals surface area contributed by atoms with Gasteiger partial charge in [-0.3, -0.25) is 4.79 Å². The Morgan fingerprint density at radius 2 is 1.91 bits per heavy atom. The average Bonchev–Trinajstić information content (AvgIpc) is 2.83. The second-order valence-electron chi connectivity index (χ2n) is 5.18. The van der Waals surface area contributed by atoms with Crippen molar-refractivity contribution in [3.63, 3.8) is 0 Å². The molecule has 0 aliphatic rings. The van der Waals surface area contributed by atoms with E-state index in [1.165, 1.54) is 12.1 Å². The molecule has 2 aromatic carbocycles. The van der Waals surface area contributed by atoms with Crippen LogP contribution in [-0.2, 0) is 11.2 Å². The Morgan fingerprint density at radius 3 is 2.59 bits per heavy atom. The Hall–Kier alpha value is -2.82. The van der Waals surface area contributed by atoms with Crippen molar-refractivity contribution in [3.8, 4) is 17.0 Å². The molecule has 4 N–H and O–H groups in total. The fraction of sp³-hybridized carbons (Fsp3) is 0.118. The molecule has 0 fully saturated rings. The van der Waals surface area contributed by atoms with E-state index in [1.54, 1.807) is 30.3 Å². The minimum atomic E-state index is -0.377. The molecule has 5 heteroatoms. The fourth-order valence-corrected chi connectivity index (χ4v) is 2.61. The topological polar surface area (TPSA) is 79.1 Å². The largest absolute Gasteiger partial charge is 0.508 e. The zero-order valence-electron chi connectivity index (χ0n) is 11.8. The van der Waals surface area contributed by atoms with E-state index in [0.717, 1.165) is 27.7 Å². The summed E-state index contributed by atoms with van der Waals surface area (Å²) in [6.45, 7) is 0. The van der Waals surface area contributed by atoms with Crippen LogP contribution in [0.15, 0.2) is 42.5 Å². The van der Waals surface area contributed by atoms with E-state index < -0.39 is 0 Å². The monoisotopic (exact) mass is 298 g/mol. The van der Waals surface area contributed by atoms with E-state index in [4.69, 9.17) is 5.73 Å². The lowest BCUT2D eigenvalue weighted by Gasteiger charge is -2.04. The van der Waals surface area contributed by atoms with Gasteiger partial charge in [0.1, 0.15) is 11.6 Å². The molecule has 0 saturated carbocycles. The van der Waals surface area contributed by atoms with Crippen molar-refractivity contribution >= 4 is 16.8 Å². The van der Waals surface area contributed by atoms with Crippen LogP contribution >= 0.6 is 0 Å². The maximum Gasteiger partial charge on any atom is 0.217 e. The molecular weight excluding hydrogens is 283 g/mol. The molecule has 0 spiro atoms. The molecule has 1 amide bonds. The number of amides is 1. The summed E-state index contributed by atoms with van der Waals surface area (Å²) < 4.78 is 13.1. The molecule has 0 aliphatic heterocycles. The molecule has 0 bridgehead atoms. The van der Waals surface area contributed by atoms with E-state index in [-0.39, 0.29) is 23.9 Å². The number of fused-ring (bicyclic) bond motifs is 1. The highest BCUT2D eigenvalue weighted by atomic mass is 19.1. The van der Waals surface area contributed by atoms with Crippen LogP contribution in [0.5, 0.6) is 5.75 Å². The summed E-state index contributed by atoms with van der Waals surface area (Å²) in [4.78, 5) is 14.3. The molecule has 22 heavy (non-hydrogen) atoms. The van der Waals surface area contributed by atoms with Gasteiger partial charge < -0.3 is 15.8 Å². The first kappa shape index (κ1) is 14.1. The molecule has 0 saturated heterocycles. The number of aromatic hydroxyl groups is 1. The predicted molar refractivity (Wildman–Crippen MR) is 82.9 cm³/mol. The number of phenols is 1. The SMILES string of the molecule is NC(=O)CCc1c(-c2ccc(F)cc2)[nH]c2cc(O)ccc12. The Labute approximate surface area is 126 Å². The highest BCUT2D eigenvalue weighted by Crippen LogP contribution is 2.33. The highest BCUT2D eigenvalue weighted by Gasteiger charge is 2.14. The van der Waals surface area contributed by atoms with Gasteiger partial charge in [-0.15, -0.1) is 0 Å². The second-order valence-corrected chi connectivity index (χ2v) is 5.18. The number of benzene rings is 2. The van der Waals surface area contributed by atoms with E-state index in [2.05, 4.69) is 4.98 Å². The van der Waals surface area contributed by atoms with Crippen molar-refractivity contribution in [2.24, 2.45) is 5.73 Å². The van der Waals surface area contributed by atoms with E-state index in [9.17, 15) is 14.3 Å². The summed E-state index contributed by atoms with van der Waals surface area (Å²) in [6, 6.07) is 11.1. The van der Waals surface area contributed by atoms with Gasteiger partial charge in [-0.05, 0) is 53.9 Å². The van der Waals surface area contributed by atoms with E-state index in [0.29, 0.717) is 6.42 Å². The fourth-order valence-electron chi connectivity index (χ4n) is 2.61. The number of nitrogens with one attached hydrogen (secondary N) is 1. The second kappa shape index (κ2) is 5.52. The summed E-state index contributed by atoms with van der Waals surface area (Å²) in [6.07, 6.45) is 0.703. The maximum atomic E-state index is 13.1. The van der Waals surface area contributed by atoms with Crippen LogP contribution in [0.4, 0.5) is 4.39 Å². The Balaban J connectivity index is 2.16. The van der Waals surface area contributed by atoms with Crippen molar-refractivity contribution in [1.29, 1.82) is 0 Å². The number of hydrogen-bond acceptors (Lipinski definition) is 2. The van der Waals surface area contributed by atoms with Gasteiger partial charge in [0.25, 0.3) is 0 Å². The Bertz CT molecular complexity index is 838. The lowest BCUT2D eigenvalue weighted by Crippen LogP contribution is -2.11. The zero-order valence-corrected chi connectivity index (χ0v) is 11.8. The number of H-pyrrole nitrogens is 1. The van der Waals surface area contributed by atoms with Crippen LogP contribution in [0, 0.1) is 5.82 Å². The smallest absolute Gasteiger partial charge is 0.217 e. The number of hydrogen-bond donors (Lipinski definition) is 3. The zero-order chi connectivity index (χ0) is 15.7. The Morgan fingerprint density at radius 1 is 1.18 bits per heavy atom.